The molecule has 1 aliphatic rings. The lowest BCUT2D eigenvalue weighted by Gasteiger charge is -2.40. The van der Waals surface area contributed by atoms with Gasteiger partial charge in [0.15, 0.2) is 0 Å². The fourth-order valence-electron chi connectivity index (χ4n) is 1.63. The van der Waals surface area contributed by atoms with Gasteiger partial charge in [-0.25, -0.2) is 0 Å². The summed E-state index contributed by atoms with van der Waals surface area (Å²) in [4.78, 5) is 4.73. The van der Waals surface area contributed by atoms with Crippen LogP contribution in [-0.4, -0.2) is 55.8 Å². The zero-order valence-electron chi connectivity index (χ0n) is 7.45. The van der Waals surface area contributed by atoms with E-state index in [-0.39, 0.29) is 0 Å². The molecule has 0 radical (unpaired) electrons. The summed E-state index contributed by atoms with van der Waals surface area (Å²) in [7, 11) is 4.28. The summed E-state index contributed by atoms with van der Waals surface area (Å²) >= 11 is 4.20. The van der Waals surface area contributed by atoms with Crippen LogP contribution in [0.4, 0.5) is 0 Å². The van der Waals surface area contributed by atoms with Crippen LogP contribution in [0.3, 0.4) is 0 Å². The van der Waals surface area contributed by atoms with Crippen molar-refractivity contribution in [2.75, 3.05) is 46.0 Å². The molecular weight excluding hydrogens is 156 g/mol. The van der Waals surface area contributed by atoms with Gasteiger partial charge in [-0.1, -0.05) is 0 Å². The number of hydrogen-bond donors (Lipinski definition) is 1. The molecule has 0 aliphatic carbocycles. The summed E-state index contributed by atoms with van der Waals surface area (Å²) in [6, 6.07) is 0. The van der Waals surface area contributed by atoms with Crippen molar-refractivity contribution in [1.29, 1.82) is 0 Å². The highest BCUT2D eigenvalue weighted by molar-refractivity contribution is 7.80. The number of rotatable bonds is 4. The molecule has 0 aromatic heterocycles. The van der Waals surface area contributed by atoms with Crippen LogP contribution < -0.4 is 0 Å². The van der Waals surface area contributed by atoms with Crippen molar-refractivity contribution in [2.24, 2.45) is 5.92 Å². The molecule has 3 heteroatoms. The van der Waals surface area contributed by atoms with E-state index in [0.29, 0.717) is 0 Å². The van der Waals surface area contributed by atoms with Crippen molar-refractivity contribution in [1.82, 2.24) is 9.80 Å². The quantitative estimate of drug-likeness (QED) is 0.617. The molecule has 1 heterocycles. The summed E-state index contributed by atoms with van der Waals surface area (Å²) in [6.45, 7) is 4.95. The Labute approximate surface area is 75.0 Å². The first-order chi connectivity index (χ1) is 5.22. The van der Waals surface area contributed by atoms with Crippen LogP contribution in [0.5, 0.6) is 0 Å². The first-order valence-corrected chi connectivity index (χ1v) is 4.83. The van der Waals surface area contributed by atoms with Gasteiger partial charge in [-0.3, -0.25) is 0 Å². The van der Waals surface area contributed by atoms with Gasteiger partial charge in [-0.2, -0.15) is 12.6 Å². The predicted molar refractivity (Wildman–Crippen MR) is 52.3 cm³/mol. The van der Waals surface area contributed by atoms with Crippen LogP contribution in [0.2, 0.25) is 0 Å². The van der Waals surface area contributed by atoms with E-state index in [4.69, 9.17) is 0 Å². The Morgan fingerprint density at radius 1 is 1.45 bits per heavy atom. The fourth-order valence-corrected chi connectivity index (χ4v) is 1.92. The van der Waals surface area contributed by atoms with Gasteiger partial charge >= 0.3 is 0 Å². The van der Waals surface area contributed by atoms with Crippen molar-refractivity contribution >= 4 is 12.6 Å². The SMILES string of the molecule is CN(C)CC1CN(CCS)C1. The smallest absolute Gasteiger partial charge is 0.00701 e. The first-order valence-electron chi connectivity index (χ1n) is 4.20. The van der Waals surface area contributed by atoms with Gasteiger partial charge in [-0.15, -0.1) is 0 Å². The Bertz CT molecular complexity index is 111. The van der Waals surface area contributed by atoms with E-state index in [1.54, 1.807) is 0 Å². The summed E-state index contributed by atoms with van der Waals surface area (Å²) in [6.07, 6.45) is 0. The first kappa shape index (κ1) is 9.36. The van der Waals surface area contributed by atoms with E-state index in [0.717, 1.165) is 18.2 Å². The van der Waals surface area contributed by atoms with Crippen LogP contribution in [0.1, 0.15) is 0 Å². The standard InChI is InChI=1S/C8H18N2S/c1-9(2)5-8-6-10(7-8)3-4-11/h8,11H,3-7H2,1-2H3. The monoisotopic (exact) mass is 174 g/mol. The van der Waals surface area contributed by atoms with Gasteiger partial charge in [-0.05, 0) is 20.0 Å². The number of likely N-dealkylation sites (tertiary alicyclic amines) is 1. The highest BCUT2D eigenvalue weighted by Gasteiger charge is 2.25. The van der Waals surface area contributed by atoms with Gasteiger partial charge < -0.3 is 9.80 Å². The third-order valence-corrected chi connectivity index (χ3v) is 2.27. The molecule has 0 spiro atoms. The lowest BCUT2D eigenvalue weighted by atomic mass is 10.0. The van der Waals surface area contributed by atoms with Crippen molar-refractivity contribution < 1.29 is 0 Å². The van der Waals surface area contributed by atoms with Crippen LogP contribution in [0.25, 0.3) is 0 Å². The molecular formula is C8H18N2S. The molecule has 2 nitrogen and oxygen atoms in total. The summed E-state index contributed by atoms with van der Waals surface area (Å²) in [5, 5.41) is 0. The Balaban J connectivity index is 2.00. The van der Waals surface area contributed by atoms with E-state index in [9.17, 15) is 0 Å². The van der Waals surface area contributed by atoms with Crippen molar-refractivity contribution in [2.45, 2.75) is 0 Å². The van der Waals surface area contributed by atoms with E-state index < -0.39 is 0 Å². The Hall–Kier alpha value is 0.270. The summed E-state index contributed by atoms with van der Waals surface area (Å²) < 4.78 is 0. The van der Waals surface area contributed by atoms with Crippen LogP contribution in [0.15, 0.2) is 0 Å². The lowest BCUT2D eigenvalue weighted by molar-refractivity contribution is 0.0872. The average Bonchev–Trinajstić information content (AvgIpc) is 1.82. The molecule has 0 aromatic rings. The molecule has 0 bridgehead atoms. The number of hydrogen-bond acceptors (Lipinski definition) is 3. The van der Waals surface area contributed by atoms with E-state index in [1.165, 1.54) is 19.6 Å². The maximum Gasteiger partial charge on any atom is 0.00701 e. The predicted octanol–water partition coefficient (Wildman–Crippen LogP) is 0.410. The highest BCUT2D eigenvalue weighted by atomic mass is 32.1. The average molecular weight is 174 g/mol. The normalized spacial score (nSPS) is 20.7. The molecule has 0 unspecified atom stereocenters. The molecule has 0 atom stereocenters. The molecule has 0 amide bonds. The molecule has 0 aromatic carbocycles. The van der Waals surface area contributed by atoms with Gasteiger partial charge in [0.2, 0.25) is 0 Å². The van der Waals surface area contributed by atoms with Gasteiger partial charge in [0.1, 0.15) is 0 Å². The van der Waals surface area contributed by atoms with Crippen molar-refractivity contribution in [3.63, 3.8) is 0 Å². The third kappa shape index (κ3) is 3.01. The lowest BCUT2D eigenvalue weighted by Crippen LogP contribution is -2.50. The van der Waals surface area contributed by atoms with Crippen LogP contribution >= 0.6 is 12.6 Å². The summed E-state index contributed by atoms with van der Waals surface area (Å²) in [5.41, 5.74) is 0. The molecule has 0 N–H and O–H groups in total. The zero-order chi connectivity index (χ0) is 8.27. The van der Waals surface area contributed by atoms with Crippen LogP contribution in [0, 0.1) is 5.92 Å². The molecule has 11 heavy (non-hydrogen) atoms. The van der Waals surface area contributed by atoms with Gasteiger partial charge in [0.25, 0.3) is 0 Å². The third-order valence-electron chi connectivity index (χ3n) is 2.07. The second-order valence-electron chi connectivity index (χ2n) is 3.61. The maximum absolute atomic E-state index is 4.20. The largest absolute Gasteiger partial charge is 0.309 e. The van der Waals surface area contributed by atoms with E-state index >= 15 is 0 Å². The molecule has 1 saturated heterocycles. The molecule has 1 fully saturated rings. The molecule has 1 aliphatic heterocycles. The zero-order valence-corrected chi connectivity index (χ0v) is 8.35. The minimum atomic E-state index is 0.907. The van der Waals surface area contributed by atoms with Crippen LogP contribution in [-0.2, 0) is 0 Å². The topological polar surface area (TPSA) is 6.48 Å². The molecule has 1 rings (SSSR count). The second kappa shape index (κ2) is 4.33. The van der Waals surface area contributed by atoms with Gasteiger partial charge in [0, 0.05) is 31.9 Å². The minimum Gasteiger partial charge on any atom is -0.309 e. The second-order valence-corrected chi connectivity index (χ2v) is 4.06. The van der Waals surface area contributed by atoms with Gasteiger partial charge in [0.05, 0.1) is 0 Å². The maximum atomic E-state index is 4.20. The number of nitrogens with zero attached hydrogens (tertiary/aromatic N) is 2. The Kier molecular flexibility index (Phi) is 3.69. The van der Waals surface area contributed by atoms with E-state index in [2.05, 4.69) is 36.5 Å². The minimum absolute atomic E-state index is 0.907. The highest BCUT2D eigenvalue weighted by Crippen LogP contribution is 2.15. The summed E-state index contributed by atoms with van der Waals surface area (Å²) in [5.74, 6) is 1.90. The number of thiol groups is 1. The van der Waals surface area contributed by atoms with Crippen molar-refractivity contribution in [3.05, 3.63) is 0 Å². The Morgan fingerprint density at radius 3 is 2.55 bits per heavy atom. The molecule has 0 saturated carbocycles. The van der Waals surface area contributed by atoms with Crippen molar-refractivity contribution in [3.8, 4) is 0 Å². The molecule has 66 valence electrons. The van der Waals surface area contributed by atoms with E-state index in [1.807, 2.05) is 0 Å². The fraction of sp³-hybridized carbons (Fsp3) is 1.00. The Morgan fingerprint density at radius 2 is 2.09 bits per heavy atom.